The molecular weight excluding hydrogens is 300 g/mol. The summed E-state index contributed by atoms with van der Waals surface area (Å²) in [7, 11) is -1.89. The van der Waals surface area contributed by atoms with Gasteiger partial charge in [-0.05, 0) is 43.7 Å². The van der Waals surface area contributed by atoms with E-state index in [0.29, 0.717) is 29.3 Å². The zero-order chi connectivity index (χ0) is 14.5. The lowest BCUT2D eigenvalue weighted by atomic mass is 10.1. The highest BCUT2D eigenvalue weighted by Gasteiger charge is 2.18. The average molecular weight is 323 g/mol. The summed E-state index contributed by atoms with van der Waals surface area (Å²) in [6.07, 6.45) is 0. The van der Waals surface area contributed by atoms with E-state index in [2.05, 4.69) is 10.0 Å². The summed E-state index contributed by atoms with van der Waals surface area (Å²) in [6, 6.07) is 3.39. The molecule has 0 amide bonds. The van der Waals surface area contributed by atoms with E-state index in [9.17, 15) is 8.42 Å². The highest BCUT2D eigenvalue weighted by molar-refractivity contribution is 7.89. The molecule has 1 aromatic carbocycles. The van der Waals surface area contributed by atoms with Gasteiger partial charge in [0.15, 0.2) is 0 Å². The van der Waals surface area contributed by atoms with Crippen LogP contribution >= 0.6 is 12.4 Å². The Hall–Kier alpha value is -0.820. The molecule has 0 fully saturated rings. The third-order valence-electron chi connectivity index (χ3n) is 2.83. The molecule has 7 heteroatoms. The average Bonchev–Trinajstić information content (AvgIpc) is 2.36. The van der Waals surface area contributed by atoms with Gasteiger partial charge in [-0.3, -0.25) is 0 Å². The Morgan fingerprint density at radius 3 is 2.35 bits per heavy atom. The fourth-order valence-electron chi connectivity index (χ4n) is 1.80. The van der Waals surface area contributed by atoms with E-state index in [1.54, 1.807) is 26.2 Å². The molecule has 20 heavy (non-hydrogen) atoms. The summed E-state index contributed by atoms with van der Waals surface area (Å²) in [5.74, 6) is 0.698. The molecule has 0 aliphatic carbocycles. The Kier molecular flexibility index (Phi) is 8.12. The van der Waals surface area contributed by atoms with E-state index in [0.717, 1.165) is 12.1 Å². The fourth-order valence-corrected chi connectivity index (χ4v) is 3.14. The maximum Gasteiger partial charge on any atom is 0.240 e. The van der Waals surface area contributed by atoms with E-state index < -0.39 is 10.0 Å². The van der Waals surface area contributed by atoms with Crippen LogP contribution in [0.15, 0.2) is 17.0 Å². The van der Waals surface area contributed by atoms with Gasteiger partial charge >= 0.3 is 0 Å². The number of nitrogens with one attached hydrogen (secondary N) is 2. The minimum absolute atomic E-state index is 0. The molecule has 0 aromatic heterocycles. The molecule has 0 saturated carbocycles. The molecule has 0 heterocycles. The van der Waals surface area contributed by atoms with E-state index in [-0.39, 0.29) is 12.4 Å². The molecule has 0 bridgehead atoms. The molecule has 2 N–H and O–H groups in total. The normalized spacial score (nSPS) is 11.0. The standard InChI is InChI=1S/C13H22N2O3S.ClH/c1-5-14-6-7-15-19(16,17)13-9-10(2)12(18-4)8-11(13)3;/h8-9,14-15H,5-7H2,1-4H3;1H. The number of aryl methyl sites for hydroxylation is 2. The molecule has 0 atom stereocenters. The van der Waals surface area contributed by atoms with Crippen LogP contribution < -0.4 is 14.8 Å². The zero-order valence-electron chi connectivity index (χ0n) is 12.3. The number of hydrogen-bond donors (Lipinski definition) is 2. The lowest BCUT2D eigenvalue weighted by molar-refractivity contribution is 0.411. The van der Waals surface area contributed by atoms with Gasteiger partial charge in [0, 0.05) is 13.1 Å². The van der Waals surface area contributed by atoms with Crippen LogP contribution in [0.25, 0.3) is 0 Å². The quantitative estimate of drug-likeness (QED) is 0.749. The van der Waals surface area contributed by atoms with Crippen molar-refractivity contribution in [3.05, 3.63) is 23.3 Å². The van der Waals surface area contributed by atoms with Crippen LogP contribution in [0.5, 0.6) is 5.75 Å². The smallest absolute Gasteiger partial charge is 0.240 e. The summed E-state index contributed by atoms with van der Waals surface area (Å²) in [5, 5.41) is 3.07. The maximum absolute atomic E-state index is 12.2. The predicted octanol–water partition coefficient (Wildman–Crippen LogP) is 1.62. The Balaban J connectivity index is 0.00000361. The van der Waals surface area contributed by atoms with Crippen LogP contribution in [0, 0.1) is 13.8 Å². The van der Waals surface area contributed by atoms with Crippen LogP contribution in [-0.2, 0) is 10.0 Å². The topological polar surface area (TPSA) is 67.4 Å². The molecule has 116 valence electrons. The number of methoxy groups -OCH3 is 1. The lowest BCUT2D eigenvalue weighted by Crippen LogP contribution is -2.32. The van der Waals surface area contributed by atoms with Crippen LogP contribution in [0.3, 0.4) is 0 Å². The van der Waals surface area contributed by atoms with Crippen LogP contribution in [-0.4, -0.2) is 35.2 Å². The Bertz CT molecular complexity index is 533. The van der Waals surface area contributed by atoms with E-state index in [1.807, 2.05) is 13.8 Å². The zero-order valence-corrected chi connectivity index (χ0v) is 14.0. The first-order chi connectivity index (χ1) is 8.92. The number of sulfonamides is 1. The second-order valence-electron chi connectivity index (χ2n) is 4.34. The first-order valence-electron chi connectivity index (χ1n) is 6.28. The molecule has 1 rings (SSSR count). The number of benzene rings is 1. The van der Waals surface area contributed by atoms with Gasteiger partial charge in [-0.15, -0.1) is 12.4 Å². The fraction of sp³-hybridized carbons (Fsp3) is 0.538. The number of rotatable bonds is 7. The van der Waals surface area contributed by atoms with E-state index >= 15 is 0 Å². The van der Waals surface area contributed by atoms with Gasteiger partial charge in [-0.25, -0.2) is 13.1 Å². The third-order valence-corrected chi connectivity index (χ3v) is 4.43. The highest BCUT2D eigenvalue weighted by Crippen LogP contribution is 2.25. The third kappa shape index (κ3) is 4.94. The van der Waals surface area contributed by atoms with E-state index in [4.69, 9.17) is 4.74 Å². The molecule has 0 aliphatic rings. The summed E-state index contributed by atoms with van der Waals surface area (Å²) < 4.78 is 32.1. The largest absolute Gasteiger partial charge is 0.496 e. The first kappa shape index (κ1) is 19.2. The molecule has 0 unspecified atom stereocenters. The number of likely N-dealkylation sites (N-methyl/N-ethyl adjacent to an activating group) is 1. The summed E-state index contributed by atoms with van der Waals surface area (Å²) in [5.41, 5.74) is 1.48. The van der Waals surface area contributed by atoms with Crippen molar-refractivity contribution in [2.75, 3.05) is 26.7 Å². The molecule has 0 saturated heterocycles. The molecule has 1 aromatic rings. The summed E-state index contributed by atoms with van der Waals surface area (Å²) in [6.45, 7) is 7.38. The van der Waals surface area contributed by atoms with Crippen molar-refractivity contribution >= 4 is 22.4 Å². The number of ether oxygens (including phenoxy) is 1. The minimum Gasteiger partial charge on any atom is -0.496 e. The summed E-state index contributed by atoms with van der Waals surface area (Å²) in [4.78, 5) is 0.308. The monoisotopic (exact) mass is 322 g/mol. The number of halogens is 1. The van der Waals surface area contributed by atoms with Crippen LogP contribution in [0.4, 0.5) is 0 Å². The Morgan fingerprint density at radius 2 is 1.80 bits per heavy atom. The van der Waals surface area contributed by atoms with Gasteiger partial charge < -0.3 is 10.1 Å². The van der Waals surface area contributed by atoms with Gasteiger partial charge in [0.25, 0.3) is 0 Å². The molecule has 0 radical (unpaired) electrons. The van der Waals surface area contributed by atoms with Crippen molar-refractivity contribution in [1.29, 1.82) is 0 Å². The highest BCUT2D eigenvalue weighted by atomic mass is 35.5. The second kappa shape index (κ2) is 8.46. The SMILES string of the molecule is CCNCCNS(=O)(=O)c1cc(C)c(OC)cc1C.Cl. The van der Waals surface area contributed by atoms with Gasteiger partial charge in [0.1, 0.15) is 5.75 Å². The van der Waals surface area contributed by atoms with Crippen molar-refractivity contribution in [1.82, 2.24) is 10.0 Å². The van der Waals surface area contributed by atoms with Gasteiger partial charge in [-0.2, -0.15) is 0 Å². The van der Waals surface area contributed by atoms with Crippen molar-refractivity contribution in [2.45, 2.75) is 25.7 Å². The van der Waals surface area contributed by atoms with Crippen LogP contribution in [0.2, 0.25) is 0 Å². The molecule has 5 nitrogen and oxygen atoms in total. The maximum atomic E-state index is 12.2. The minimum atomic E-state index is -3.46. The first-order valence-corrected chi connectivity index (χ1v) is 7.76. The van der Waals surface area contributed by atoms with Crippen molar-refractivity contribution < 1.29 is 13.2 Å². The predicted molar refractivity (Wildman–Crippen MR) is 83.4 cm³/mol. The van der Waals surface area contributed by atoms with Crippen LogP contribution in [0.1, 0.15) is 18.1 Å². The Morgan fingerprint density at radius 1 is 1.15 bits per heavy atom. The van der Waals surface area contributed by atoms with Gasteiger partial charge in [0.05, 0.1) is 12.0 Å². The molecular formula is C13H23ClN2O3S. The lowest BCUT2D eigenvalue weighted by Gasteiger charge is -2.12. The summed E-state index contributed by atoms with van der Waals surface area (Å²) >= 11 is 0. The Labute approximate surface area is 127 Å². The van der Waals surface area contributed by atoms with Crippen molar-refractivity contribution in [3.63, 3.8) is 0 Å². The second-order valence-corrected chi connectivity index (χ2v) is 6.07. The van der Waals surface area contributed by atoms with Crippen molar-refractivity contribution in [2.24, 2.45) is 0 Å². The molecule has 0 aliphatic heterocycles. The van der Waals surface area contributed by atoms with Crippen molar-refractivity contribution in [3.8, 4) is 5.75 Å². The number of hydrogen-bond acceptors (Lipinski definition) is 4. The van der Waals surface area contributed by atoms with Gasteiger partial charge in [-0.1, -0.05) is 6.92 Å². The molecule has 0 spiro atoms. The van der Waals surface area contributed by atoms with E-state index in [1.165, 1.54) is 0 Å². The van der Waals surface area contributed by atoms with Gasteiger partial charge in [0.2, 0.25) is 10.0 Å².